The lowest BCUT2D eigenvalue weighted by molar-refractivity contribution is -0.140. The number of carbonyl (C=O) groups is 3. The molecule has 2 aliphatic carbocycles. The molecular formula is C17H17ClN2O3. The second-order valence-corrected chi connectivity index (χ2v) is 6.95. The van der Waals surface area contributed by atoms with E-state index in [1.807, 2.05) is 0 Å². The molecule has 0 aromatic heterocycles. The second-order valence-electron chi connectivity index (χ2n) is 6.51. The molecule has 5 nitrogen and oxygen atoms in total. The van der Waals surface area contributed by atoms with Crippen molar-refractivity contribution < 1.29 is 14.4 Å². The average molecular weight is 333 g/mol. The minimum absolute atomic E-state index is 0.0524. The van der Waals surface area contributed by atoms with Gasteiger partial charge in [0.1, 0.15) is 6.04 Å². The van der Waals surface area contributed by atoms with E-state index in [0.29, 0.717) is 10.7 Å². The monoisotopic (exact) mass is 332 g/mol. The molecule has 0 N–H and O–H groups in total. The maximum atomic E-state index is 12.8. The fourth-order valence-corrected chi connectivity index (χ4v) is 3.30. The summed E-state index contributed by atoms with van der Waals surface area (Å²) in [5.41, 5.74) is 0.515. The van der Waals surface area contributed by atoms with Crippen LogP contribution in [0.2, 0.25) is 5.02 Å². The highest BCUT2D eigenvalue weighted by Crippen LogP contribution is 2.39. The molecule has 0 bridgehead atoms. The van der Waals surface area contributed by atoms with Gasteiger partial charge in [-0.15, -0.1) is 0 Å². The Hall–Kier alpha value is -1.88. The van der Waals surface area contributed by atoms with E-state index in [4.69, 9.17) is 11.6 Å². The van der Waals surface area contributed by atoms with Gasteiger partial charge < -0.3 is 4.90 Å². The molecule has 1 atom stereocenters. The molecule has 3 amide bonds. The minimum Gasteiger partial charge on any atom is -0.327 e. The summed E-state index contributed by atoms with van der Waals surface area (Å²) in [4.78, 5) is 40.6. The molecule has 1 aromatic rings. The van der Waals surface area contributed by atoms with Gasteiger partial charge in [0.05, 0.1) is 12.1 Å². The van der Waals surface area contributed by atoms with Crippen LogP contribution in [0.1, 0.15) is 32.1 Å². The molecule has 3 aliphatic rings. The molecule has 3 fully saturated rings. The van der Waals surface area contributed by atoms with Crippen molar-refractivity contribution in [1.82, 2.24) is 4.90 Å². The summed E-state index contributed by atoms with van der Waals surface area (Å²) in [5.74, 6) is -0.436. The van der Waals surface area contributed by atoms with Crippen LogP contribution in [0.15, 0.2) is 24.3 Å². The molecule has 1 saturated heterocycles. The molecule has 1 aromatic carbocycles. The lowest BCUT2D eigenvalue weighted by Crippen LogP contribution is -2.47. The van der Waals surface area contributed by atoms with Crippen molar-refractivity contribution in [2.24, 2.45) is 5.92 Å². The van der Waals surface area contributed by atoms with Crippen molar-refractivity contribution in [1.29, 1.82) is 0 Å². The summed E-state index contributed by atoms with van der Waals surface area (Å²) < 4.78 is 0. The molecule has 120 valence electrons. The summed E-state index contributed by atoms with van der Waals surface area (Å²) in [7, 11) is 0. The van der Waals surface area contributed by atoms with Crippen LogP contribution in [0, 0.1) is 5.92 Å². The van der Waals surface area contributed by atoms with Crippen molar-refractivity contribution in [2.75, 3.05) is 4.90 Å². The summed E-state index contributed by atoms with van der Waals surface area (Å²) in [5, 5.41) is 0.549. The Morgan fingerprint density at radius 3 is 2.30 bits per heavy atom. The number of amides is 3. The first kappa shape index (κ1) is 14.7. The van der Waals surface area contributed by atoms with Crippen molar-refractivity contribution in [3.8, 4) is 0 Å². The zero-order chi connectivity index (χ0) is 16.1. The number of benzene rings is 1. The first-order valence-corrected chi connectivity index (χ1v) is 8.38. The second kappa shape index (κ2) is 5.34. The first-order valence-electron chi connectivity index (χ1n) is 8.01. The van der Waals surface area contributed by atoms with E-state index in [2.05, 4.69) is 0 Å². The quantitative estimate of drug-likeness (QED) is 0.795. The zero-order valence-corrected chi connectivity index (χ0v) is 13.3. The maximum Gasteiger partial charge on any atom is 0.257 e. The van der Waals surface area contributed by atoms with Gasteiger partial charge in [-0.2, -0.15) is 0 Å². The van der Waals surface area contributed by atoms with E-state index < -0.39 is 6.04 Å². The third-order valence-corrected chi connectivity index (χ3v) is 4.92. The normalized spacial score (nSPS) is 24.2. The van der Waals surface area contributed by atoms with Crippen LogP contribution < -0.4 is 4.90 Å². The molecule has 1 aliphatic heterocycles. The highest BCUT2D eigenvalue weighted by Gasteiger charge is 2.50. The number of anilines is 1. The van der Waals surface area contributed by atoms with Crippen molar-refractivity contribution in [3.05, 3.63) is 29.3 Å². The molecule has 23 heavy (non-hydrogen) atoms. The molecule has 0 spiro atoms. The van der Waals surface area contributed by atoms with Crippen LogP contribution in [-0.4, -0.2) is 34.7 Å². The number of hydrogen-bond donors (Lipinski definition) is 0. The van der Waals surface area contributed by atoms with Crippen LogP contribution in [0.5, 0.6) is 0 Å². The van der Waals surface area contributed by atoms with Gasteiger partial charge in [-0.05, 0) is 49.9 Å². The number of hydrogen-bond acceptors (Lipinski definition) is 3. The van der Waals surface area contributed by atoms with Crippen LogP contribution in [0.4, 0.5) is 5.69 Å². The summed E-state index contributed by atoms with van der Waals surface area (Å²) in [6, 6.07) is 6.11. The van der Waals surface area contributed by atoms with Crippen molar-refractivity contribution >= 4 is 35.0 Å². The first-order chi connectivity index (χ1) is 11.1. The average Bonchev–Trinajstić information content (AvgIpc) is 3.41. The van der Waals surface area contributed by atoms with Gasteiger partial charge in [0.25, 0.3) is 5.91 Å². The maximum absolute atomic E-state index is 12.8. The largest absolute Gasteiger partial charge is 0.327 e. The van der Waals surface area contributed by atoms with E-state index in [-0.39, 0.29) is 36.1 Å². The third-order valence-electron chi connectivity index (χ3n) is 4.66. The number of carbonyl (C=O) groups excluding carboxylic acids is 3. The van der Waals surface area contributed by atoms with Gasteiger partial charge >= 0.3 is 0 Å². The van der Waals surface area contributed by atoms with E-state index >= 15 is 0 Å². The predicted octanol–water partition coefficient (Wildman–Crippen LogP) is 2.37. The van der Waals surface area contributed by atoms with Gasteiger partial charge in [-0.1, -0.05) is 11.6 Å². The number of rotatable bonds is 4. The Labute approximate surface area is 139 Å². The Morgan fingerprint density at radius 2 is 1.74 bits per heavy atom. The lowest BCUT2D eigenvalue weighted by Gasteiger charge is -2.27. The van der Waals surface area contributed by atoms with Gasteiger partial charge in [0.2, 0.25) is 11.8 Å². The summed E-state index contributed by atoms with van der Waals surface area (Å²) >= 11 is 5.86. The number of halogens is 1. The van der Waals surface area contributed by atoms with Crippen LogP contribution in [-0.2, 0) is 14.4 Å². The molecule has 1 unspecified atom stereocenters. The standard InChI is InChI=1S/C17H17ClN2O3/c18-11-3-5-13(6-4-11)20-15(21)9-14(17(20)23)19(12-7-8-12)16(22)10-1-2-10/h3-6,10,12,14H,1-2,7-9H2. The molecule has 6 heteroatoms. The molecule has 1 heterocycles. The van der Waals surface area contributed by atoms with Gasteiger partial charge in [-0.3, -0.25) is 14.4 Å². The van der Waals surface area contributed by atoms with Crippen LogP contribution >= 0.6 is 11.6 Å². The van der Waals surface area contributed by atoms with Crippen molar-refractivity contribution in [3.63, 3.8) is 0 Å². The lowest BCUT2D eigenvalue weighted by atomic mass is 10.1. The van der Waals surface area contributed by atoms with Crippen molar-refractivity contribution in [2.45, 2.75) is 44.2 Å². The van der Waals surface area contributed by atoms with E-state index in [1.165, 1.54) is 4.90 Å². The van der Waals surface area contributed by atoms with E-state index in [0.717, 1.165) is 25.7 Å². The van der Waals surface area contributed by atoms with E-state index in [9.17, 15) is 14.4 Å². The fraction of sp³-hybridized carbons (Fsp3) is 0.471. The Balaban J connectivity index is 1.60. The number of nitrogens with zero attached hydrogens (tertiary/aromatic N) is 2. The van der Waals surface area contributed by atoms with Gasteiger partial charge in [0, 0.05) is 17.0 Å². The zero-order valence-electron chi connectivity index (χ0n) is 12.6. The van der Waals surface area contributed by atoms with Gasteiger partial charge in [0.15, 0.2) is 0 Å². The molecule has 4 rings (SSSR count). The SMILES string of the molecule is O=C1CC(N(C(=O)C2CC2)C2CC2)C(=O)N1c1ccc(Cl)cc1. The minimum atomic E-state index is -0.640. The Morgan fingerprint density at radius 1 is 1.09 bits per heavy atom. The Kier molecular flexibility index (Phi) is 3.41. The molecule has 2 saturated carbocycles. The molecule has 0 radical (unpaired) electrons. The van der Waals surface area contributed by atoms with Crippen LogP contribution in [0.25, 0.3) is 0 Å². The fourth-order valence-electron chi connectivity index (χ4n) is 3.18. The predicted molar refractivity (Wildman–Crippen MR) is 84.9 cm³/mol. The highest BCUT2D eigenvalue weighted by molar-refractivity contribution is 6.30. The van der Waals surface area contributed by atoms with Gasteiger partial charge in [-0.25, -0.2) is 4.90 Å². The highest BCUT2D eigenvalue weighted by atomic mass is 35.5. The number of imide groups is 1. The Bertz CT molecular complexity index is 680. The van der Waals surface area contributed by atoms with E-state index in [1.54, 1.807) is 29.2 Å². The summed E-state index contributed by atoms with van der Waals surface area (Å²) in [6.07, 6.45) is 3.74. The van der Waals surface area contributed by atoms with Crippen LogP contribution in [0.3, 0.4) is 0 Å². The summed E-state index contributed by atoms with van der Waals surface area (Å²) in [6.45, 7) is 0. The smallest absolute Gasteiger partial charge is 0.257 e. The third kappa shape index (κ3) is 2.63. The topological polar surface area (TPSA) is 57.7 Å². The molecular weight excluding hydrogens is 316 g/mol.